The van der Waals surface area contributed by atoms with Gasteiger partial charge in [0.1, 0.15) is 6.04 Å². The fourth-order valence-corrected chi connectivity index (χ4v) is 13.4. The molecule has 0 aromatic heterocycles. The van der Waals surface area contributed by atoms with Crippen molar-refractivity contribution >= 4 is 35.6 Å². The number of benzene rings is 3. The van der Waals surface area contributed by atoms with Crippen LogP contribution in [0.15, 0.2) is 71.7 Å². The monoisotopic (exact) mass is 790 g/mol. The van der Waals surface area contributed by atoms with Crippen LogP contribution >= 0.6 is 7.26 Å². The van der Waals surface area contributed by atoms with Gasteiger partial charge in [0.2, 0.25) is 5.91 Å². The smallest absolute Gasteiger partial charge is 0.247 e. The standard InChI is InChI=1S/C45H67N4OP.BrH/c1-4-7-30-51(31-8-5-2,32-9-6-3)35-36-25-28-42(29-26-36)46-44(50)43(34-37-24-27-38-18-16-17-19-39(38)33-37)49-45(47-40-20-12-10-13-21-40)48-41-22-14-11-15-23-41;/h16-19,24-29,33,40-41,43H,4-15,20-23,30-32,34-35H2,1-3H3,(H2-,46,47,48,49,50);1H/t43-;/m1./s1. The van der Waals surface area contributed by atoms with Gasteiger partial charge < -0.3 is 32.9 Å². The molecule has 2 saturated carbocycles. The number of guanidine groups is 1. The Bertz CT molecular complexity index is 1480. The maximum Gasteiger partial charge on any atom is 0.247 e. The summed E-state index contributed by atoms with van der Waals surface area (Å²) in [6.45, 7) is 7.01. The zero-order valence-electron chi connectivity index (χ0n) is 32.6. The molecule has 1 atom stereocenters. The minimum Gasteiger partial charge on any atom is -1.00 e. The van der Waals surface area contributed by atoms with Crippen LogP contribution in [0.2, 0.25) is 0 Å². The Hall–Kier alpha value is -2.43. The molecule has 2 aliphatic rings. The summed E-state index contributed by atoms with van der Waals surface area (Å²) in [7, 11) is -1.05. The summed E-state index contributed by atoms with van der Waals surface area (Å²) in [5.41, 5.74) is 3.46. The zero-order chi connectivity index (χ0) is 35.7. The number of amides is 1. The van der Waals surface area contributed by atoms with E-state index in [-0.39, 0.29) is 22.9 Å². The maximum absolute atomic E-state index is 14.3. The van der Waals surface area contributed by atoms with Gasteiger partial charge in [-0.25, -0.2) is 4.99 Å². The van der Waals surface area contributed by atoms with E-state index in [1.54, 1.807) is 0 Å². The first-order valence-corrected chi connectivity index (χ1v) is 23.4. The van der Waals surface area contributed by atoms with Gasteiger partial charge in [-0.05, 0) is 79.0 Å². The lowest BCUT2D eigenvalue weighted by molar-refractivity contribution is -0.117. The minimum atomic E-state index is -1.05. The van der Waals surface area contributed by atoms with E-state index in [1.807, 2.05) is 0 Å². The van der Waals surface area contributed by atoms with Crippen molar-refractivity contribution in [2.45, 2.75) is 154 Å². The van der Waals surface area contributed by atoms with Gasteiger partial charge in [-0.1, -0.05) is 133 Å². The Morgan fingerprint density at radius 3 is 1.92 bits per heavy atom. The van der Waals surface area contributed by atoms with Crippen molar-refractivity contribution in [3.05, 3.63) is 77.9 Å². The number of rotatable bonds is 18. The highest BCUT2D eigenvalue weighted by atomic mass is 79.9. The summed E-state index contributed by atoms with van der Waals surface area (Å²) in [4.78, 5) is 19.6. The number of carbonyl (C=O) groups excluding carboxylic acids is 1. The quantitative estimate of drug-likeness (QED) is 0.0688. The van der Waals surface area contributed by atoms with Crippen LogP contribution < -0.4 is 32.9 Å². The molecule has 0 aliphatic heterocycles. The van der Waals surface area contributed by atoms with E-state index in [0.717, 1.165) is 42.9 Å². The number of anilines is 1. The van der Waals surface area contributed by atoms with Gasteiger partial charge in [0.15, 0.2) is 5.96 Å². The van der Waals surface area contributed by atoms with Crippen molar-refractivity contribution in [3.8, 4) is 0 Å². The molecule has 0 heterocycles. The van der Waals surface area contributed by atoms with Gasteiger partial charge in [-0.2, -0.15) is 0 Å². The van der Waals surface area contributed by atoms with E-state index in [9.17, 15) is 4.79 Å². The number of carbonyl (C=O) groups is 1. The fraction of sp³-hybridized carbons (Fsp3) is 0.600. The molecular formula is C45H68BrN4OP. The van der Waals surface area contributed by atoms with Gasteiger partial charge in [-0.15, -0.1) is 0 Å². The Morgan fingerprint density at radius 2 is 1.31 bits per heavy atom. The van der Waals surface area contributed by atoms with Crippen molar-refractivity contribution in [2.24, 2.45) is 4.99 Å². The van der Waals surface area contributed by atoms with E-state index in [1.165, 1.54) is 118 Å². The van der Waals surface area contributed by atoms with Crippen molar-refractivity contribution in [1.82, 2.24) is 10.6 Å². The average Bonchev–Trinajstić information content (AvgIpc) is 3.16. The number of aliphatic imine (C=N–C) groups is 1. The third kappa shape index (κ3) is 13.5. The largest absolute Gasteiger partial charge is 1.00 e. The summed E-state index contributed by atoms with van der Waals surface area (Å²) < 4.78 is 0. The molecule has 0 spiro atoms. The van der Waals surface area contributed by atoms with Gasteiger partial charge in [0.25, 0.3) is 0 Å². The average molecular weight is 792 g/mol. The van der Waals surface area contributed by atoms with E-state index >= 15 is 0 Å². The lowest BCUT2D eigenvalue weighted by Crippen LogP contribution is -3.00. The SMILES string of the molecule is CCCC[P+](CCCC)(CCCC)Cc1ccc(NC(=O)[C@@H](Cc2ccc3ccccc3c2)NC(=NC2CCCCC2)NC2CCCCC2)cc1.[Br-]. The van der Waals surface area contributed by atoms with Crippen LogP contribution in [0, 0.1) is 0 Å². The van der Waals surface area contributed by atoms with E-state index in [2.05, 4.69) is 103 Å². The summed E-state index contributed by atoms with van der Waals surface area (Å²) in [5.74, 6) is 0.810. The molecule has 7 heteroatoms. The first-order valence-electron chi connectivity index (χ1n) is 20.8. The number of halogens is 1. The Balaban J connectivity index is 0.00000605. The molecule has 5 rings (SSSR count). The lowest BCUT2D eigenvalue weighted by atomic mass is 9.95. The number of nitrogens with one attached hydrogen (secondary N) is 3. The van der Waals surface area contributed by atoms with Gasteiger partial charge in [-0.3, -0.25) is 4.79 Å². The molecule has 0 bridgehead atoms. The summed E-state index contributed by atoms with van der Waals surface area (Å²) >= 11 is 0. The Kier molecular flexibility index (Phi) is 18.5. The van der Waals surface area contributed by atoms with Crippen LogP contribution in [-0.4, -0.2) is 48.5 Å². The van der Waals surface area contributed by atoms with Crippen molar-refractivity contribution in [3.63, 3.8) is 0 Å². The molecule has 3 aromatic rings. The van der Waals surface area contributed by atoms with Gasteiger partial charge in [0.05, 0.1) is 30.7 Å². The van der Waals surface area contributed by atoms with Crippen molar-refractivity contribution in [1.29, 1.82) is 0 Å². The molecule has 3 N–H and O–H groups in total. The predicted octanol–water partition coefficient (Wildman–Crippen LogP) is 8.51. The molecule has 5 nitrogen and oxygen atoms in total. The number of fused-ring (bicyclic) bond motifs is 1. The molecule has 0 saturated heterocycles. The van der Waals surface area contributed by atoms with E-state index < -0.39 is 13.3 Å². The highest BCUT2D eigenvalue weighted by Crippen LogP contribution is 2.63. The molecule has 52 heavy (non-hydrogen) atoms. The van der Waals surface area contributed by atoms with Gasteiger partial charge >= 0.3 is 0 Å². The fourth-order valence-electron chi connectivity index (χ4n) is 8.29. The molecule has 3 aromatic carbocycles. The number of unbranched alkanes of at least 4 members (excludes halogenated alkanes) is 3. The first-order chi connectivity index (χ1) is 25.0. The number of nitrogens with zero attached hydrogens (tertiary/aromatic N) is 1. The highest BCUT2D eigenvalue weighted by molar-refractivity contribution is 7.75. The second-order valence-corrected chi connectivity index (χ2v) is 20.1. The summed E-state index contributed by atoms with van der Waals surface area (Å²) in [5, 5.41) is 13.3. The van der Waals surface area contributed by atoms with Crippen molar-refractivity contribution < 1.29 is 21.8 Å². The third-order valence-electron chi connectivity index (χ3n) is 11.4. The third-order valence-corrected chi connectivity index (χ3v) is 16.2. The summed E-state index contributed by atoms with van der Waals surface area (Å²) in [6, 6.07) is 24.2. The van der Waals surface area contributed by atoms with Crippen LogP contribution in [0.1, 0.15) is 135 Å². The Labute approximate surface area is 327 Å². The molecule has 1 amide bonds. The van der Waals surface area contributed by atoms with E-state index in [0.29, 0.717) is 18.5 Å². The van der Waals surface area contributed by atoms with Gasteiger partial charge in [0, 0.05) is 25.4 Å². The first kappa shape index (κ1) is 42.3. The molecule has 286 valence electrons. The topological polar surface area (TPSA) is 65.5 Å². The molecule has 2 fully saturated rings. The maximum atomic E-state index is 14.3. The Morgan fingerprint density at radius 1 is 0.731 bits per heavy atom. The normalized spacial score (nSPS) is 16.6. The molecule has 0 radical (unpaired) electrons. The number of hydrogen-bond donors (Lipinski definition) is 3. The minimum absolute atomic E-state index is 0. The van der Waals surface area contributed by atoms with Crippen LogP contribution in [0.4, 0.5) is 5.69 Å². The van der Waals surface area contributed by atoms with Crippen LogP contribution in [-0.2, 0) is 17.4 Å². The van der Waals surface area contributed by atoms with Crippen LogP contribution in [0.25, 0.3) is 10.8 Å². The molecule has 0 unspecified atom stereocenters. The second kappa shape index (κ2) is 22.7. The predicted molar refractivity (Wildman–Crippen MR) is 224 cm³/mol. The zero-order valence-corrected chi connectivity index (χ0v) is 35.1. The van der Waals surface area contributed by atoms with Crippen molar-refractivity contribution in [2.75, 3.05) is 23.8 Å². The van der Waals surface area contributed by atoms with Crippen LogP contribution in [0.3, 0.4) is 0 Å². The molecular weight excluding hydrogens is 723 g/mol. The highest BCUT2D eigenvalue weighted by Gasteiger charge is 2.35. The molecule has 2 aliphatic carbocycles. The number of hydrogen-bond acceptors (Lipinski definition) is 2. The summed E-state index contributed by atoms with van der Waals surface area (Å²) in [6.07, 6.45) is 26.2. The second-order valence-electron chi connectivity index (χ2n) is 15.7. The lowest BCUT2D eigenvalue weighted by Gasteiger charge is -2.29. The van der Waals surface area contributed by atoms with Crippen LogP contribution in [0.5, 0.6) is 0 Å². The van der Waals surface area contributed by atoms with E-state index in [4.69, 9.17) is 4.99 Å².